The second-order valence-corrected chi connectivity index (χ2v) is 10.1. The van der Waals surface area contributed by atoms with Crippen LogP contribution in [0.4, 0.5) is 0 Å². The van der Waals surface area contributed by atoms with E-state index in [1.165, 1.54) is 0 Å². The average Bonchev–Trinajstić information content (AvgIpc) is 2.44. The molecule has 0 aromatic heterocycles. The maximum absolute atomic E-state index is 5.83. The van der Waals surface area contributed by atoms with Gasteiger partial charge in [-0.3, -0.25) is 0 Å². The molecule has 0 aliphatic carbocycles. The van der Waals surface area contributed by atoms with Crippen molar-refractivity contribution in [3.63, 3.8) is 0 Å². The van der Waals surface area contributed by atoms with E-state index in [9.17, 15) is 0 Å². The van der Waals surface area contributed by atoms with Crippen molar-refractivity contribution in [3.05, 3.63) is 34.4 Å². The summed E-state index contributed by atoms with van der Waals surface area (Å²) < 4.78 is 0. The average molecular weight is 367 g/mol. The summed E-state index contributed by atoms with van der Waals surface area (Å²) in [4.78, 5) is 22.9. The zero-order valence-electron chi connectivity index (χ0n) is 18.8. The Bertz CT molecular complexity index is 565. The Morgan fingerprint density at radius 1 is 0.538 bits per heavy atom. The van der Waals surface area contributed by atoms with E-state index < -0.39 is 11.2 Å². The fourth-order valence-corrected chi connectivity index (χ4v) is 2.66. The van der Waals surface area contributed by atoms with Crippen molar-refractivity contribution >= 4 is 0 Å². The second-order valence-electron chi connectivity index (χ2n) is 10.1. The van der Waals surface area contributed by atoms with Crippen molar-refractivity contribution < 1.29 is 19.6 Å². The van der Waals surface area contributed by atoms with Crippen LogP contribution < -0.4 is 0 Å². The van der Waals surface area contributed by atoms with E-state index in [1.54, 1.807) is 0 Å². The molecule has 0 amide bonds. The van der Waals surface area contributed by atoms with Crippen molar-refractivity contribution in [2.75, 3.05) is 0 Å². The molecule has 4 nitrogen and oxygen atoms in total. The van der Waals surface area contributed by atoms with Gasteiger partial charge in [0.1, 0.15) is 11.2 Å². The molecule has 0 N–H and O–H groups in total. The number of benzene rings is 1. The molecular formula is C22H38O4. The van der Waals surface area contributed by atoms with Crippen molar-refractivity contribution in [2.45, 2.75) is 105 Å². The van der Waals surface area contributed by atoms with Crippen molar-refractivity contribution in [3.8, 4) is 0 Å². The van der Waals surface area contributed by atoms with E-state index in [4.69, 9.17) is 19.6 Å². The van der Waals surface area contributed by atoms with Crippen LogP contribution in [0.15, 0.2) is 12.1 Å². The highest BCUT2D eigenvalue weighted by atomic mass is 17.2. The van der Waals surface area contributed by atoms with E-state index in [-0.39, 0.29) is 11.2 Å². The molecule has 0 aliphatic rings. The third-order valence-electron chi connectivity index (χ3n) is 3.85. The smallest absolute Gasteiger partial charge is 0.123 e. The van der Waals surface area contributed by atoms with Gasteiger partial charge in [0, 0.05) is 0 Å². The SMILES string of the molecule is Cc1cc(C(C)(C)OOC(C)(C)C)c(C)c(C(C)(C)OOC(C)(C)C)c1. The third-order valence-corrected chi connectivity index (χ3v) is 3.85. The Morgan fingerprint density at radius 2 is 0.846 bits per heavy atom. The van der Waals surface area contributed by atoms with Gasteiger partial charge >= 0.3 is 0 Å². The van der Waals surface area contributed by atoms with Gasteiger partial charge in [0.25, 0.3) is 0 Å². The number of aryl methyl sites for hydroxylation is 1. The normalized spacial score (nSPS) is 14.0. The molecule has 0 spiro atoms. The largest absolute Gasteiger partial charge is 0.230 e. The Hall–Kier alpha value is -0.940. The molecule has 1 aromatic rings. The standard InChI is InChI=1S/C22H38O4/c1-15-13-17(21(9,10)25-23-19(3,4)5)16(2)18(14-15)22(11,12)26-24-20(6,7)8/h13-14H,1-12H3. The minimum Gasteiger partial charge on any atom is -0.230 e. The predicted octanol–water partition coefficient (Wildman–Crippen LogP) is 6.27. The first-order chi connectivity index (χ1) is 11.4. The van der Waals surface area contributed by atoms with E-state index in [0.717, 1.165) is 22.3 Å². The number of rotatable bonds is 6. The highest BCUT2D eigenvalue weighted by molar-refractivity contribution is 5.43. The summed E-state index contributed by atoms with van der Waals surface area (Å²) in [6.45, 7) is 24.1. The second kappa shape index (κ2) is 7.59. The number of hydrogen-bond donors (Lipinski definition) is 0. The molecule has 1 aromatic carbocycles. The van der Waals surface area contributed by atoms with Gasteiger partial charge in [-0.1, -0.05) is 17.7 Å². The Labute approximate surface area is 160 Å². The van der Waals surface area contributed by atoms with Crippen LogP contribution >= 0.6 is 0 Å². The van der Waals surface area contributed by atoms with Crippen LogP contribution in [-0.4, -0.2) is 11.2 Å². The van der Waals surface area contributed by atoms with E-state index >= 15 is 0 Å². The summed E-state index contributed by atoms with van der Waals surface area (Å²) in [5, 5.41) is 0. The maximum Gasteiger partial charge on any atom is 0.123 e. The molecule has 150 valence electrons. The lowest BCUT2D eigenvalue weighted by atomic mass is 9.84. The van der Waals surface area contributed by atoms with Crippen LogP contribution in [0.3, 0.4) is 0 Å². The van der Waals surface area contributed by atoms with Gasteiger partial charge in [-0.2, -0.15) is 0 Å². The van der Waals surface area contributed by atoms with Gasteiger partial charge in [0.2, 0.25) is 0 Å². The summed E-state index contributed by atoms with van der Waals surface area (Å²) in [5.74, 6) is 0. The van der Waals surface area contributed by atoms with Gasteiger partial charge in [0.05, 0.1) is 11.2 Å². The quantitative estimate of drug-likeness (QED) is 0.439. The van der Waals surface area contributed by atoms with Crippen LogP contribution in [0.25, 0.3) is 0 Å². The van der Waals surface area contributed by atoms with Crippen LogP contribution in [0.5, 0.6) is 0 Å². The first kappa shape index (κ1) is 23.1. The monoisotopic (exact) mass is 366 g/mol. The van der Waals surface area contributed by atoms with E-state index in [1.807, 2.05) is 69.2 Å². The van der Waals surface area contributed by atoms with Crippen molar-refractivity contribution in [2.24, 2.45) is 0 Å². The first-order valence-corrected chi connectivity index (χ1v) is 9.30. The topological polar surface area (TPSA) is 36.9 Å². The molecule has 0 radical (unpaired) electrons. The molecule has 0 atom stereocenters. The van der Waals surface area contributed by atoms with Crippen LogP contribution in [0.1, 0.15) is 91.5 Å². The lowest BCUT2D eigenvalue weighted by molar-refractivity contribution is -0.403. The fraction of sp³-hybridized carbons (Fsp3) is 0.727. The van der Waals surface area contributed by atoms with Gasteiger partial charge in [-0.05, 0) is 99.8 Å². The van der Waals surface area contributed by atoms with Gasteiger partial charge in [-0.25, -0.2) is 19.6 Å². The molecule has 0 heterocycles. The molecule has 0 aliphatic heterocycles. The Balaban J connectivity index is 3.26. The molecule has 0 saturated carbocycles. The van der Waals surface area contributed by atoms with E-state index in [2.05, 4.69) is 26.0 Å². The zero-order chi connectivity index (χ0) is 20.6. The number of hydrogen-bond acceptors (Lipinski definition) is 4. The third kappa shape index (κ3) is 6.66. The van der Waals surface area contributed by atoms with Gasteiger partial charge in [0.15, 0.2) is 0 Å². The summed E-state index contributed by atoms with van der Waals surface area (Å²) in [7, 11) is 0. The van der Waals surface area contributed by atoms with Crippen LogP contribution in [-0.2, 0) is 30.8 Å². The maximum atomic E-state index is 5.83. The minimum atomic E-state index is -0.598. The predicted molar refractivity (Wildman–Crippen MR) is 106 cm³/mol. The Morgan fingerprint density at radius 3 is 1.12 bits per heavy atom. The molecule has 26 heavy (non-hydrogen) atoms. The van der Waals surface area contributed by atoms with Gasteiger partial charge < -0.3 is 0 Å². The Kier molecular flexibility index (Phi) is 6.74. The summed E-state index contributed by atoms with van der Waals surface area (Å²) in [6.07, 6.45) is 0. The lowest BCUT2D eigenvalue weighted by Gasteiger charge is -2.34. The highest BCUT2D eigenvalue weighted by Crippen LogP contribution is 2.37. The molecule has 0 saturated heterocycles. The molecule has 0 bridgehead atoms. The zero-order valence-corrected chi connectivity index (χ0v) is 18.8. The first-order valence-electron chi connectivity index (χ1n) is 9.30. The minimum absolute atomic E-state index is 0.374. The fourth-order valence-electron chi connectivity index (χ4n) is 2.66. The summed E-state index contributed by atoms with van der Waals surface area (Å²) in [6, 6.07) is 4.29. The molecule has 0 fully saturated rings. The van der Waals surface area contributed by atoms with E-state index in [0.29, 0.717) is 0 Å². The van der Waals surface area contributed by atoms with Crippen molar-refractivity contribution in [1.29, 1.82) is 0 Å². The lowest BCUT2D eigenvalue weighted by Crippen LogP contribution is -2.32. The molecular weight excluding hydrogens is 328 g/mol. The molecule has 1 rings (SSSR count). The highest BCUT2D eigenvalue weighted by Gasteiger charge is 2.33. The van der Waals surface area contributed by atoms with Crippen LogP contribution in [0.2, 0.25) is 0 Å². The summed E-state index contributed by atoms with van der Waals surface area (Å²) >= 11 is 0. The van der Waals surface area contributed by atoms with Gasteiger partial charge in [-0.15, -0.1) is 0 Å². The van der Waals surface area contributed by atoms with Crippen LogP contribution in [0, 0.1) is 13.8 Å². The molecule has 4 heteroatoms. The van der Waals surface area contributed by atoms with Crippen molar-refractivity contribution in [1.82, 2.24) is 0 Å². The summed E-state index contributed by atoms with van der Waals surface area (Å²) in [5.41, 5.74) is 2.45. The molecule has 0 unspecified atom stereocenters.